The van der Waals surface area contributed by atoms with Crippen LogP contribution in [0.1, 0.15) is 46.6 Å². The van der Waals surface area contributed by atoms with Crippen LogP contribution in [0.25, 0.3) is 10.9 Å². The molecule has 2 amide bonds. The number of H-pyrrole nitrogens is 2. The fourth-order valence-electron chi connectivity index (χ4n) is 5.64. The maximum absolute atomic E-state index is 13.4. The Morgan fingerprint density at radius 2 is 1.95 bits per heavy atom. The average molecular weight is 572 g/mol. The number of amides is 2. The first-order valence-electron chi connectivity index (χ1n) is 14.3. The second-order valence-corrected chi connectivity index (χ2v) is 10.6. The zero-order valence-corrected chi connectivity index (χ0v) is 24.3. The lowest BCUT2D eigenvalue weighted by atomic mass is 10.0. The number of hydrogen-bond donors (Lipinski definition) is 3. The Morgan fingerprint density at radius 1 is 1.12 bits per heavy atom. The van der Waals surface area contributed by atoms with Gasteiger partial charge in [0.2, 0.25) is 11.8 Å². The van der Waals surface area contributed by atoms with Gasteiger partial charge < -0.3 is 29.7 Å². The third kappa shape index (κ3) is 6.64. The summed E-state index contributed by atoms with van der Waals surface area (Å²) in [6.45, 7) is 4.69. The molecule has 0 aliphatic carbocycles. The zero-order chi connectivity index (χ0) is 29.6. The van der Waals surface area contributed by atoms with Crippen molar-refractivity contribution in [2.24, 2.45) is 0 Å². The van der Waals surface area contributed by atoms with Crippen molar-refractivity contribution >= 4 is 22.7 Å². The number of methoxy groups -OCH3 is 1. The van der Waals surface area contributed by atoms with Crippen LogP contribution in [0.15, 0.2) is 47.3 Å². The summed E-state index contributed by atoms with van der Waals surface area (Å²) in [7, 11) is 1.62. The molecule has 1 aliphatic rings. The molecule has 3 N–H and O–H groups in total. The first-order chi connectivity index (χ1) is 20.3. The number of rotatable bonds is 4. The van der Waals surface area contributed by atoms with Gasteiger partial charge in [0.25, 0.3) is 0 Å². The number of ether oxygens (including phenoxy) is 2. The van der Waals surface area contributed by atoms with Crippen molar-refractivity contribution in [3.63, 3.8) is 0 Å². The highest BCUT2D eigenvalue weighted by molar-refractivity contribution is 5.86. The smallest absolute Gasteiger partial charge is 0.345 e. The van der Waals surface area contributed by atoms with E-state index in [9.17, 15) is 14.4 Å². The van der Waals surface area contributed by atoms with E-state index in [-0.39, 0.29) is 24.8 Å². The summed E-state index contributed by atoms with van der Waals surface area (Å²) < 4.78 is 11.7. The topological polar surface area (TPSA) is 129 Å². The van der Waals surface area contributed by atoms with Crippen molar-refractivity contribution in [2.75, 3.05) is 33.4 Å². The largest absolute Gasteiger partial charge is 0.493 e. The van der Waals surface area contributed by atoms with Crippen molar-refractivity contribution in [1.29, 1.82) is 0 Å². The fraction of sp³-hybridized carbons (Fsp3) is 0.375. The van der Waals surface area contributed by atoms with E-state index in [4.69, 9.17) is 9.47 Å². The minimum atomic E-state index is -0.403. The predicted molar refractivity (Wildman–Crippen MR) is 160 cm³/mol. The number of benzene rings is 2. The lowest BCUT2D eigenvalue weighted by Gasteiger charge is -2.23. The van der Waals surface area contributed by atoms with E-state index in [0.29, 0.717) is 68.3 Å². The number of para-hydroxylation sites is 1. The molecule has 2 aromatic carbocycles. The number of carbonyl (C=O) groups excluding carboxylic acids is 2. The molecule has 0 saturated carbocycles. The summed E-state index contributed by atoms with van der Waals surface area (Å²) in [4.78, 5) is 49.9. The van der Waals surface area contributed by atoms with Crippen molar-refractivity contribution in [3.8, 4) is 11.5 Å². The summed E-state index contributed by atoms with van der Waals surface area (Å²) >= 11 is 0. The van der Waals surface area contributed by atoms with Crippen LogP contribution in [0.4, 0.5) is 0 Å². The highest BCUT2D eigenvalue weighted by atomic mass is 16.5. The summed E-state index contributed by atoms with van der Waals surface area (Å²) in [5, 5.41) is 4.15. The number of fused-ring (bicyclic) bond motifs is 5. The van der Waals surface area contributed by atoms with Gasteiger partial charge in [0.05, 0.1) is 20.3 Å². The molecule has 0 unspecified atom stereocenters. The number of aromatic amines is 2. The van der Waals surface area contributed by atoms with Gasteiger partial charge in [-0.25, -0.2) is 4.79 Å². The van der Waals surface area contributed by atoms with Crippen molar-refractivity contribution in [1.82, 2.24) is 25.2 Å². The van der Waals surface area contributed by atoms with E-state index in [1.165, 1.54) is 0 Å². The van der Waals surface area contributed by atoms with Gasteiger partial charge in [0.15, 0.2) is 11.5 Å². The first-order valence-corrected chi connectivity index (χ1v) is 14.3. The van der Waals surface area contributed by atoms with Crippen LogP contribution < -0.4 is 20.5 Å². The minimum absolute atomic E-state index is 0.0414. The van der Waals surface area contributed by atoms with Gasteiger partial charge in [-0.05, 0) is 68.0 Å². The molecule has 0 spiro atoms. The maximum Gasteiger partial charge on any atom is 0.345 e. The Morgan fingerprint density at radius 3 is 2.76 bits per heavy atom. The molecule has 2 bridgehead atoms. The molecular weight excluding hydrogens is 534 g/mol. The number of aryl methyl sites for hydroxylation is 2. The van der Waals surface area contributed by atoms with Crippen LogP contribution in [0.3, 0.4) is 0 Å². The highest BCUT2D eigenvalue weighted by Gasteiger charge is 2.20. The molecule has 3 heterocycles. The standard InChI is InChI=1S/C32H37N5O5/c1-20-23(21(2)35-32(40)34-20)10-12-31(39)37-15-6-16-42-29-18-22(9-11-28(29)41-3)17-27-25(13-14-33-30(38)19-37)24-7-4-5-8-26(24)36-27/h4-5,7-9,11,18,36H,6,10,12-17,19H2,1-3H3,(H,33,38)(H,34,35,40). The lowest BCUT2D eigenvalue weighted by Crippen LogP contribution is -2.42. The molecule has 5 rings (SSSR count). The molecule has 220 valence electrons. The molecule has 10 heteroatoms. The Kier molecular flexibility index (Phi) is 8.90. The van der Waals surface area contributed by atoms with Crippen molar-refractivity contribution in [3.05, 3.63) is 86.7 Å². The molecule has 0 fully saturated rings. The molecule has 0 saturated heterocycles. The monoisotopic (exact) mass is 571 g/mol. The Hall–Kier alpha value is -4.60. The van der Waals surface area contributed by atoms with E-state index in [1.54, 1.807) is 25.9 Å². The van der Waals surface area contributed by atoms with Gasteiger partial charge in [-0.2, -0.15) is 4.98 Å². The van der Waals surface area contributed by atoms with Crippen LogP contribution in [0.2, 0.25) is 0 Å². The third-order valence-corrected chi connectivity index (χ3v) is 7.77. The van der Waals surface area contributed by atoms with Crippen molar-refractivity contribution < 1.29 is 19.1 Å². The molecule has 0 radical (unpaired) electrons. The first kappa shape index (κ1) is 28.9. The van der Waals surface area contributed by atoms with Crippen LogP contribution in [-0.2, 0) is 28.9 Å². The number of nitrogens with one attached hydrogen (secondary N) is 3. The average Bonchev–Trinajstić information content (AvgIpc) is 3.30. The second-order valence-electron chi connectivity index (χ2n) is 10.6. The maximum atomic E-state index is 13.4. The molecule has 2 aromatic heterocycles. The highest BCUT2D eigenvalue weighted by Crippen LogP contribution is 2.31. The number of hydrogen-bond acceptors (Lipinski definition) is 6. The SMILES string of the molecule is COc1ccc2cc1OCCCN(C(=O)CCc1c(C)nc(=O)[nH]c1C)CC(=O)NCCc1c([nH]c3ccccc13)C2. The van der Waals surface area contributed by atoms with Gasteiger partial charge in [-0.1, -0.05) is 24.3 Å². The molecule has 0 atom stereocenters. The summed E-state index contributed by atoms with van der Waals surface area (Å²) in [6.07, 6.45) is 2.48. The van der Waals surface area contributed by atoms with Crippen LogP contribution >= 0.6 is 0 Å². The van der Waals surface area contributed by atoms with Gasteiger partial charge >= 0.3 is 5.69 Å². The quantitative estimate of drug-likeness (QED) is 0.345. The number of nitrogens with zero attached hydrogens (tertiary/aromatic N) is 2. The Balaban J connectivity index is 1.37. The molecule has 42 heavy (non-hydrogen) atoms. The van der Waals surface area contributed by atoms with E-state index < -0.39 is 5.69 Å². The van der Waals surface area contributed by atoms with E-state index in [2.05, 4.69) is 32.4 Å². The van der Waals surface area contributed by atoms with Gasteiger partial charge in [-0.15, -0.1) is 0 Å². The third-order valence-electron chi connectivity index (χ3n) is 7.77. The lowest BCUT2D eigenvalue weighted by molar-refractivity contribution is -0.136. The van der Waals surface area contributed by atoms with Crippen LogP contribution in [-0.4, -0.2) is 65.0 Å². The Labute approximate surface area is 244 Å². The minimum Gasteiger partial charge on any atom is -0.493 e. The number of aromatic nitrogens is 3. The van der Waals surface area contributed by atoms with E-state index >= 15 is 0 Å². The summed E-state index contributed by atoms with van der Waals surface area (Å²) in [5.41, 5.74) is 6.12. The molecule has 1 aliphatic heterocycles. The molecular formula is C32H37N5O5. The van der Waals surface area contributed by atoms with Crippen LogP contribution in [0, 0.1) is 13.8 Å². The Bertz CT molecular complexity index is 1630. The van der Waals surface area contributed by atoms with Crippen LogP contribution in [0.5, 0.6) is 11.5 Å². The van der Waals surface area contributed by atoms with Gasteiger partial charge in [0, 0.05) is 53.9 Å². The normalized spacial score (nSPS) is 14.6. The van der Waals surface area contributed by atoms with Gasteiger partial charge in [-0.3, -0.25) is 9.59 Å². The summed E-state index contributed by atoms with van der Waals surface area (Å²) in [6, 6.07) is 14.1. The summed E-state index contributed by atoms with van der Waals surface area (Å²) in [5.74, 6) is 0.939. The fourth-order valence-corrected chi connectivity index (χ4v) is 5.64. The zero-order valence-electron chi connectivity index (χ0n) is 24.3. The van der Waals surface area contributed by atoms with Crippen molar-refractivity contribution in [2.45, 2.75) is 46.0 Å². The molecule has 10 nitrogen and oxygen atoms in total. The van der Waals surface area contributed by atoms with Gasteiger partial charge in [0.1, 0.15) is 0 Å². The van der Waals surface area contributed by atoms with E-state index in [0.717, 1.165) is 33.3 Å². The van der Waals surface area contributed by atoms with E-state index in [1.807, 2.05) is 30.3 Å². The predicted octanol–water partition coefficient (Wildman–Crippen LogP) is 3.37. The number of carbonyl (C=O) groups is 2. The molecule has 4 aromatic rings. The second kappa shape index (κ2) is 12.9.